The molecule has 1 heterocycles. The molecule has 4 rings (SSSR count). The average molecular weight is 485 g/mol. The lowest BCUT2D eigenvalue weighted by Crippen LogP contribution is -2.47. The Bertz CT molecular complexity index is 1040. The molecule has 0 saturated carbocycles. The van der Waals surface area contributed by atoms with Crippen molar-refractivity contribution in [2.24, 2.45) is 0 Å². The Morgan fingerprint density at radius 1 is 0.886 bits per heavy atom. The van der Waals surface area contributed by atoms with Crippen LogP contribution in [0.15, 0.2) is 78.9 Å². The van der Waals surface area contributed by atoms with Gasteiger partial charge >= 0.3 is 6.36 Å². The molecule has 2 unspecified atom stereocenters. The first-order valence-corrected chi connectivity index (χ1v) is 12.0. The van der Waals surface area contributed by atoms with Crippen molar-refractivity contribution in [3.8, 4) is 11.5 Å². The molecule has 3 aromatic carbocycles. The topological polar surface area (TPSA) is 33.7 Å². The highest BCUT2D eigenvalue weighted by Crippen LogP contribution is 2.30. The second kappa shape index (κ2) is 11.6. The van der Waals surface area contributed by atoms with Crippen LogP contribution in [0.4, 0.5) is 13.2 Å². The Morgan fingerprint density at radius 2 is 1.57 bits per heavy atom. The largest absolute Gasteiger partial charge is 0.573 e. The molecule has 1 saturated heterocycles. The first-order chi connectivity index (χ1) is 16.9. The molecule has 1 aliphatic rings. The number of ether oxygens (including phenoxy) is 2. The molecule has 0 radical (unpaired) electrons. The third-order valence-corrected chi connectivity index (χ3v) is 6.29. The molecule has 0 aromatic heterocycles. The number of benzene rings is 3. The van der Waals surface area contributed by atoms with E-state index in [1.807, 2.05) is 25.1 Å². The van der Waals surface area contributed by atoms with Crippen molar-refractivity contribution < 1.29 is 22.6 Å². The van der Waals surface area contributed by atoms with Crippen LogP contribution in [-0.2, 0) is 13.1 Å². The van der Waals surface area contributed by atoms with Gasteiger partial charge in [-0.25, -0.2) is 0 Å². The fourth-order valence-electron chi connectivity index (χ4n) is 4.62. The molecule has 1 fully saturated rings. The third-order valence-electron chi connectivity index (χ3n) is 6.29. The van der Waals surface area contributed by atoms with Crippen LogP contribution < -0.4 is 14.8 Å². The average Bonchev–Trinajstić information content (AvgIpc) is 2.84. The van der Waals surface area contributed by atoms with Crippen LogP contribution in [0.3, 0.4) is 0 Å². The highest BCUT2D eigenvalue weighted by molar-refractivity contribution is 5.32. The minimum Gasteiger partial charge on any atom is -0.494 e. The molecule has 1 N–H and O–H groups in total. The van der Waals surface area contributed by atoms with Gasteiger partial charge in [0.1, 0.15) is 11.5 Å². The standard InChI is InChI=1S/C28H31F3N2O2/c1-2-34-24-14-10-23(11-15-24)26-20-33(19-22-6-4-3-5-7-22)17-16-27(26)32-18-21-8-12-25(13-9-21)35-28(29,30)31/h3-15,26-27,32H,2,16-20H2,1H3. The summed E-state index contributed by atoms with van der Waals surface area (Å²) in [6.45, 7) is 5.96. The molecule has 2 atom stereocenters. The van der Waals surface area contributed by atoms with Crippen molar-refractivity contribution in [3.63, 3.8) is 0 Å². The number of piperidine rings is 1. The summed E-state index contributed by atoms with van der Waals surface area (Å²) < 4.78 is 46.9. The predicted octanol–water partition coefficient (Wildman–Crippen LogP) is 6.13. The smallest absolute Gasteiger partial charge is 0.494 e. The molecule has 4 nitrogen and oxygen atoms in total. The van der Waals surface area contributed by atoms with Gasteiger partial charge in [0, 0.05) is 38.1 Å². The van der Waals surface area contributed by atoms with Gasteiger partial charge in [-0.1, -0.05) is 54.6 Å². The first kappa shape index (κ1) is 25.1. The Kier molecular flexibility index (Phi) is 8.31. The second-order valence-electron chi connectivity index (χ2n) is 8.80. The van der Waals surface area contributed by atoms with E-state index in [2.05, 4.69) is 51.4 Å². The van der Waals surface area contributed by atoms with Crippen LogP contribution >= 0.6 is 0 Å². The monoisotopic (exact) mass is 484 g/mol. The third kappa shape index (κ3) is 7.47. The molecule has 35 heavy (non-hydrogen) atoms. The van der Waals surface area contributed by atoms with Crippen molar-refractivity contribution in [2.45, 2.75) is 44.8 Å². The maximum atomic E-state index is 12.4. The molecule has 0 bridgehead atoms. The van der Waals surface area contributed by atoms with Crippen LogP contribution in [-0.4, -0.2) is 37.0 Å². The Labute approximate surface area is 204 Å². The van der Waals surface area contributed by atoms with Gasteiger partial charge in [0.25, 0.3) is 0 Å². The number of halogens is 3. The van der Waals surface area contributed by atoms with Gasteiger partial charge in [-0.3, -0.25) is 4.90 Å². The zero-order valence-corrected chi connectivity index (χ0v) is 19.8. The van der Waals surface area contributed by atoms with Gasteiger partial charge in [-0.2, -0.15) is 0 Å². The van der Waals surface area contributed by atoms with E-state index < -0.39 is 6.36 Å². The van der Waals surface area contributed by atoms with E-state index in [4.69, 9.17) is 4.74 Å². The molecular formula is C28H31F3N2O2. The number of alkyl halides is 3. The lowest BCUT2D eigenvalue weighted by Gasteiger charge is -2.39. The number of hydrogen-bond donors (Lipinski definition) is 1. The lowest BCUT2D eigenvalue weighted by molar-refractivity contribution is -0.274. The summed E-state index contributed by atoms with van der Waals surface area (Å²) in [7, 11) is 0. The van der Waals surface area contributed by atoms with Gasteiger partial charge in [-0.15, -0.1) is 13.2 Å². The van der Waals surface area contributed by atoms with E-state index in [0.717, 1.165) is 37.4 Å². The quantitative estimate of drug-likeness (QED) is 0.396. The molecule has 0 aliphatic carbocycles. The number of hydrogen-bond acceptors (Lipinski definition) is 4. The fraction of sp³-hybridized carbons (Fsp3) is 0.357. The number of likely N-dealkylation sites (tertiary alicyclic amines) is 1. The van der Waals surface area contributed by atoms with Crippen molar-refractivity contribution >= 4 is 0 Å². The maximum Gasteiger partial charge on any atom is 0.573 e. The molecule has 0 spiro atoms. The Balaban J connectivity index is 1.44. The molecule has 186 valence electrons. The van der Waals surface area contributed by atoms with Crippen LogP contribution in [0.25, 0.3) is 0 Å². The summed E-state index contributed by atoms with van der Waals surface area (Å²) in [4.78, 5) is 2.48. The Morgan fingerprint density at radius 3 is 2.23 bits per heavy atom. The number of nitrogens with zero attached hydrogens (tertiary/aromatic N) is 1. The first-order valence-electron chi connectivity index (χ1n) is 12.0. The molecule has 0 amide bonds. The van der Waals surface area contributed by atoms with E-state index in [1.54, 1.807) is 12.1 Å². The highest BCUT2D eigenvalue weighted by atomic mass is 19.4. The van der Waals surface area contributed by atoms with Gasteiger partial charge in [0.2, 0.25) is 0 Å². The minimum atomic E-state index is -4.68. The molecule has 7 heteroatoms. The van der Waals surface area contributed by atoms with Crippen LogP contribution in [0, 0.1) is 0 Å². The molecule has 3 aromatic rings. The van der Waals surface area contributed by atoms with Crippen molar-refractivity contribution in [1.29, 1.82) is 0 Å². The van der Waals surface area contributed by atoms with Crippen LogP contribution in [0.2, 0.25) is 0 Å². The van der Waals surface area contributed by atoms with E-state index in [-0.39, 0.29) is 17.7 Å². The SMILES string of the molecule is CCOc1ccc(C2CN(Cc3ccccc3)CCC2NCc2ccc(OC(F)(F)F)cc2)cc1. The van der Waals surface area contributed by atoms with Gasteiger partial charge in [-0.05, 0) is 54.3 Å². The number of nitrogens with one attached hydrogen (secondary N) is 1. The maximum absolute atomic E-state index is 12.4. The van der Waals surface area contributed by atoms with E-state index in [9.17, 15) is 13.2 Å². The summed E-state index contributed by atoms with van der Waals surface area (Å²) in [5.41, 5.74) is 3.46. The number of rotatable bonds is 9. The van der Waals surface area contributed by atoms with Crippen LogP contribution in [0.1, 0.15) is 36.0 Å². The zero-order chi connectivity index (χ0) is 24.7. The zero-order valence-electron chi connectivity index (χ0n) is 19.8. The second-order valence-corrected chi connectivity index (χ2v) is 8.80. The summed E-state index contributed by atoms with van der Waals surface area (Å²) in [5.74, 6) is 0.928. The normalized spacial score (nSPS) is 18.9. The lowest BCUT2D eigenvalue weighted by atomic mass is 9.85. The fourth-order valence-corrected chi connectivity index (χ4v) is 4.62. The van der Waals surface area contributed by atoms with Crippen LogP contribution in [0.5, 0.6) is 11.5 Å². The summed E-state index contributed by atoms with van der Waals surface area (Å²) in [6.07, 6.45) is -3.71. The summed E-state index contributed by atoms with van der Waals surface area (Å²) in [5, 5.41) is 3.66. The molecular weight excluding hydrogens is 453 g/mol. The van der Waals surface area contributed by atoms with E-state index in [1.165, 1.54) is 23.3 Å². The minimum absolute atomic E-state index is 0.206. The van der Waals surface area contributed by atoms with Gasteiger partial charge in [0.15, 0.2) is 0 Å². The van der Waals surface area contributed by atoms with E-state index in [0.29, 0.717) is 13.2 Å². The Hall–Kier alpha value is -3.03. The van der Waals surface area contributed by atoms with Gasteiger partial charge in [0.05, 0.1) is 6.61 Å². The van der Waals surface area contributed by atoms with Gasteiger partial charge < -0.3 is 14.8 Å². The van der Waals surface area contributed by atoms with Crippen molar-refractivity contribution in [1.82, 2.24) is 10.2 Å². The highest BCUT2D eigenvalue weighted by Gasteiger charge is 2.31. The van der Waals surface area contributed by atoms with Crippen molar-refractivity contribution in [2.75, 3.05) is 19.7 Å². The summed E-state index contributed by atoms with van der Waals surface area (Å²) >= 11 is 0. The molecule has 1 aliphatic heterocycles. The predicted molar refractivity (Wildman–Crippen MR) is 130 cm³/mol. The summed E-state index contributed by atoms with van der Waals surface area (Å²) in [6, 6.07) is 25.1. The van der Waals surface area contributed by atoms with E-state index >= 15 is 0 Å². The van der Waals surface area contributed by atoms with Crippen molar-refractivity contribution in [3.05, 3.63) is 95.6 Å².